The van der Waals surface area contributed by atoms with E-state index in [4.69, 9.17) is 5.73 Å². The summed E-state index contributed by atoms with van der Waals surface area (Å²) in [6.45, 7) is 1.91. The lowest BCUT2D eigenvalue weighted by Gasteiger charge is -2.08. The predicted octanol–water partition coefficient (Wildman–Crippen LogP) is 0.680. The topological polar surface area (TPSA) is 77.2 Å². The van der Waals surface area contributed by atoms with Crippen molar-refractivity contribution in [1.29, 1.82) is 0 Å². The number of amides is 1. The van der Waals surface area contributed by atoms with Crippen LogP contribution in [0.25, 0.3) is 0 Å². The summed E-state index contributed by atoms with van der Waals surface area (Å²) < 4.78 is 22.7. The predicted molar refractivity (Wildman–Crippen MR) is 61.8 cm³/mol. The van der Waals surface area contributed by atoms with Gasteiger partial charge in [-0.1, -0.05) is 13.0 Å². The van der Waals surface area contributed by atoms with E-state index in [9.17, 15) is 13.2 Å². The molecule has 0 unspecified atom stereocenters. The highest BCUT2D eigenvalue weighted by molar-refractivity contribution is 7.90. The van der Waals surface area contributed by atoms with Crippen molar-refractivity contribution < 1.29 is 13.2 Å². The molecule has 1 aromatic rings. The summed E-state index contributed by atoms with van der Waals surface area (Å²) in [7, 11) is -3.20. The second-order valence-electron chi connectivity index (χ2n) is 3.70. The Bertz CT molecular complexity index is 506. The number of hydrogen-bond acceptors (Lipinski definition) is 3. The molecule has 0 spiro atoms. The van der Waals surface area contributed by atoms with E-state index in [1.54, 1.807) is 12.1 Å². The quantitative estimate of drug-likeness (QED) is 0.842. The fourth-order valence-corrected chi connectivity index (χ4v) is 2.19. The van der Waals surface area contributed by atoms with Gasteiger partial charge in [0.05, 0.1) is 11.3 Å². The molecule has 1 rings (SSSR count). The zero-order valence-electron chi connectivity index (χ0n) is 9.36. The Hall–Kier alpha value is -1.36. The van der Waals surface area contributed by atoms with Gasteiger partial charge in [0.2, 0.25) is 5.91 Å². The highest BCUT2D eigenvalue weighted by atomic mass is 32.2. The summed E-state index contributed by atoms with van der Waals surface area (Å²) in [5.74, 6) is -0.415. The zero-order chi connectivity index (χ0) is 12.3. The van der Waals surface area contributed by atoms with Crippen molar-refractivity contribution in [3.63, 3.8) is 0 Å². The van der Waals surface area contributed by atoms with Gasteiger partial charge in [-0.05, 0) is 29.7 Å². The number of rotatable bonds is 4. The van der Waals surface area contributed by atoms with Gasteiger partial charge in [-0.25, -0.2) is 8.42 Å². The third kappa shape index (κ3) is 3.06. The van der Waals surface area contributed by atoms with Crippen LogP contribution < -0.4 is 5.73 Å². The lowest BCUT2D eigenvalue weighted by molar-refractivity contribution is -0.117. The van der Waals surface area contributed by atoms with Crippen molar-refractivity contribution in [2.24, 2.45) is 5.73 Å². The van der Waals surface area contributed by atoms with E-state index in [2.05, 4.69) is 0 Å². The summed E-state index contributed by atoms with van der Waals surface area (Å²) in [5, 5.41) is 0. The molecule has 2 N–H and O–H groups in total. The van der Waals surface area contributed by atoms with Gasteiger partial charge in [0, 0.05) is 6.26 Å². The summed E-state index contributed by atoms with van der Waals surface area (Å²) >= 11 is 0. The molecule has 0 radical (unpaired) electrons. The summed E-state index contributed by atoms with van der Waals surface area (Å²) in [6, 6.07) is 4.76. The molecule has 0 atom stereocenters. The molecular weight excluding hydrogens is 226 g/mol. The third-order valence-corrected chi connectivity index (χ3v) is 3.46. The minimum atomic E-state index is -3.20. The monoisotopic (exact) mass is 241 g/mol. The van der Waals surface area contributed by atoms with Crippen LogP contribution in [0, 0.1) is 0 Å². The Morgan fingerprint density at radius 2 is 1.94 bits per heavy atom. The molecule has 0 aromatic heterocycles. The van der Waals surface area contributed by atoms with E-state index >= 15 is 0 Å². The Kier molecular flexibility index (Phi) is 3.70. The van der Waals surface area contributed by atoms with E-state index in [0.717, 1.165) is 17.4 Å². The first-order valence-electron chi connectivity index (χ1n) is 4.94. The molecule has 0 aliphatic heterocycles. The molecular formula is C11H15NO3S. The molecule has 1 amide bonds. The van der Waals surface area contributed by atoms with Crippen LogP contribution in [-0.2, 0) is 27.5 Å². The first-order valence-corrected chi connectivity index (χ1v) is 6.84. The van der Waals surface area contributed by atoms with Gasteiger partial charge < -0.3 is 5.73 Å². The molecule has 1 aromatic carbocycles. The second kappa shape index (κ2) is 4.65. The van der Waals surface area contributed by atoms with E-state index in [1.807, 2.05) is 6.92 Å². The van der Waals surface area contributed by atoms with Crippen LogP contribution in [0.4, 0.5) is 0 Å². The number of nitrogens with two attached hydrogens (primary N) is 1. The first-order chi connectivity index (χ1) is 7.34. The zero-order valence-corrected chi connectivity index (χ0v) is 10.2. The van der Waals surface area contributed by atoms with Gasteiger partial charge in [-0.3, -0.25) is 4.79 Å². The lowest BCUT2D eigenvalue weighted by atomic mass is 10.0. The Balaban J connectivity index is 3.22. The van der Waals surface area contributed by atoms with Crippen LogP contribution in [0.1, 0.15) is 18.1 Å². The highest BCUT2D eigenvalue weighted by Gasteiger charge is 2.11. The van der Waals surface area contributed by atoms with Crippen LogP contribution in [-0.4, -0.2) is 20.6 Å². The number of aryl methyl sites for hydroxylation is 1. The molecule has 0 saturated heterocycles. The summed E-state index contributed by atoms with van der Waals surface area (Å²) in [6.07, 6.45) is 1.98. The molecule has 0 aliphatic rings. The van der Waals surface area contributed by atoms with Crippen molar-refractivity contribution in [3.05, 3.63) is 29.3 Å². The van der Waals surface area contributed by atoms with Gasteiger partial charge in [-0.15, -0.1) is 0 Å². The average molecular weight is 241 g/mol. The first kappa shape index (κ1) is 12.7. The molecule has 4 nitrogen and oxygen atoms in total. The molecule has 88 valence electrons. The Morgan fingerprint density at radius 1 is 1.31 bits per heavy atom. The van der Waals surface area contributed by atoms with Crippen LogP contribution in [0.3, 0.4) is 0 Å². The van der Waals surface area contributed by atoms with Gasteiger partial charge in [0.25, 0.3) is 0 Å². The number of carbonyl (C=O) groups excluding carboxylic acids is 1. The SMILES string of the molecule is CCc1cc(S(C)(=O)=O)ccc1CC(N)=O. The minimum Gasteiger partial charge on any atom is -0.369 e. The van der Waals surface area contributed by atoms with Crippen LogP contribution >= 0.6 is 0 Å². The van der Waals surface area contributed by atoms with Crippen molar-refractivity contribution in [3.8, 4) is 0 Å². The summed E-state index contributed by atoms with van der Waals surface area (Å²) in [4.78, 5) is 11.1. The molecule has 0 heterocycles. The molecule has 0 aliphatic carbocycles. The lowest BCUT2D eigenvalue weighted by Crippen LogP contribution is -2.15. The Labute approximate surface area is 95.4 Å². The number of primary amides is 1. The van der Waals surface area contributed by atoms with E-state index in [-0.39, 0.29) is 11.3 Å². The maximum atomic E-state index is 11.3. The molecule has 16 heavy (non-hydrogen) atoms. The summed E-state index contributed by atoms with van der Waals surface area (Å²) in [5.41, 5.74) is 6.76. The van der Waals surface area contributed by atoms with Gasteiger partial charge in [0.15, 0.2) is 9.84 Å². The maximum Gasteiger partial charge on any atom is 0.221 e. The fourth-order valence-electron chi connectivity index (χ4n) is 1.52. The number of hydrogen-bond donors (Lipinski definition) is 1. The standard InChI is InChI=1S/C11H15NO3S/c1-3-8-6-10(16(2,14)15)5-4-9(8)7-11(12)13/h4-6H,3,7H2,1-2H3,(H2,12,13). The second-order valence-corrected chi connectivity index (χ2v) is 5.72. The number of sulfone groups is 1. The van der Waals surface area contributed by atoms with Crippen molar-refractivity contribution in [1.82, 2.24) is 0 Å². The molecule has 0 saturated carbocycles. The van der Waals surface area contributed by atoms with Crippen LogP contribution in [0.5, 0.6) is 0 Å². The van der Waals surface area contributed by atoms with E-state index in [0.29, 0.717) is 6.42 Å². The number of benzene rings is 1. The van der Waals surface area contributed by atoms with Crippen molar-refractivity contribution >= 4 is 15.7 Å². The van der Waals surface area contributed by atoms with Crippen molar-refractivity contribution in [2.45, 2.75) is 24.7 Å². The van der Waals surface area contributed by atoms with Gasteiger partial charge in [-0.2, -0.15) is 0 Å². The maximum absolute atomic E-state index is 11.3. The van der Waals surface area contributed by atoms with E-state index < -0.39 is 15.7 Å². The minimum absolute atomic E-state index is 0.146. The molecule has 0 fully saturated rings. The average Bonchev–Trinajstić information content (AvgIpc) is 2.15. The van der Waals surface area contributed by atoms with Crippen LogP contribution in [0.15, 0.2) is 23.1 Å². The van der Waals surface area contributed by atoms with Crippen molar-refractivity contribution in [2.75, 3.05) is 6.26 Å². The third-order valence-electron chi connectivity index (χ3n) is 2.35. The number of carbonyl (C=O) groups is 1. The molecule has 0 bridgehead atoms. The van der Waals surface area contributed by atoms with Gasteiger partial charge >= 0.3 is 0 Å². The molecule has 5 heteroatoms. The van der Waals surface area contributed by atoms with E-state index in [1.165, 1.54) is 6.07 Å². The largest absolute Gasteiger partial charge is 0.369 e. The fraction of sp³-hybridized carbons (Fsp3) is 0.364. The van der Waals surface area contributed by atoms with Gasteiger partial charge in [0.1, 0.15) is 0 Å². The highest BCUT2D eigenvalue weighted by Crippen LogP contribution is 2.17. The van der Waals surface area contributed by atoms with Crippen LogP contribution in [0.2, 0.25) is 0 Å². The normalized spacial score (nSPS) is 11.4. The smallest absolute Gasteiger partial charge is 0.221 e. The Morgan fingerprint density at radius 3 is 2.38 bits per heavy atom.